The standard InChI is InChI=1S/C9H16BrN3O2S/c1-4-13-9(7(10)5-12-13)8(11)6(2)16(3,14)15/h5-6,8H,4,11H2,1-3H3. The van der Waals surface area contributed by atoms with Crippen molar-refractivity contribution in [2.75, 3.05) is 6.26 Å². The molecule has 0 saturated heterocycles. The number of hydrogen-bond donors (Lipinski definition) is 1. The Morgan fingerprint density at radius 1 is 1.62 bits per heavy atom. The maximum atomic E-state index is 11.5. The predicted octanol–water partition coefficient (Wildman–Crippen LogP) is 1.10. The summed E-state index contributed by atoms with van der Waals surface area (Å²) in [6, 6.07) is -0.577. The van der Waals surface area contributed by atoms with Crippen molar-refractivity contribution in [1.82, 2.24) is 9.78 Å². The van der Waals surface area contributed by atoms with Crippen molar-refractivity contribution in [3.8, 4) is 0 Å². The van der Waals surface area contributed by atoms with Gasteiger partial charge >= 0.3 is 0 Å². The molecule has 0 aliphatic heterocycles. The maximum Gasteiger partial charge on any atom is 0.151 e. The lowest BCUT2D eigenvalue weighted by Crippen LogP contribution is -2.32. The van der Waals surface area contributed by atoms with Gasteiger partial charge in [0, 0.05) is 12.8 Å². The highest BCUT2D eigenvalue weighted by atomic mass is 79.9. The Hall–Kier alpha value is -0.400. The third-order valence-corrected chi connectivity index (χ3v) is 4.88. The first-order valence-electron chi connectivity index (χ1n) is 4.94. The number of rotatable bonds is 4. The molecule has 0 saturated carbocycles. The fourth-order valence-electron chi connectivity index (χ4n) is 1.44. The Morgan fingerprint density at radius 3 is 2.62 bits per heavy atom. The second-order valence-corrected chi connectivity index (χ2v) is 7.01. The fourth-order valence-corrected chi connectivity index (χ4v) is 2.67. The number of hydrogen-bond acceptors (Lipinski definition) is 4. The van der Waals surface area contributed by atoms with Crippen molar-refractivity contribution in [2.45, 2.75) is 31.7 Å². The predicted molar refractivity (Wildman–Crippen MR) is 66.8 cm³/mol. The minimum Gasteiger partial charge on any atom is -0.322 e. The first-order valence-corrected chi connectivity index (χ1v) is 7.69. The molecule has 2 unspecified atom stereocenters. The largest absolute Gasteiger partial charge is 0.322 e. The molecule has 7 heteroatoms. The minimum absolute atomic E-state index is 0.577. The van der Waals surface area contributed by atoms with Crippen LogP contribution in [0.3, 0.4) is 0 Å². The van der Waals surface area contributed by atoms with E-state index in [2.05, 4.69) is 21.0 Å². The van der Waals surface area contributed by atoms with Crippen molar-refractivity contribution in [2.24, 2.45) is 5.73 Å². The molecule has 0 spiro atoms. The highest BCUT2D eigenvalue weighted by molar-refractivity contribution is 9.10. The average Bonchev–Trinajstić information content (AvgIpc) is 2.56. The molecule has 0 aliphatic carbocycles. The first kappa shape index (κ1) is 13.7. The van der Waals surface area contributed by atoms with Gasteiger partial charge in [-0.1, -0.05) is 0 Å². The van der Waals surface area contributed by atoms with Gasteiger partial charge in [0.05, 0.1) is 27.7 Å². The number of sulfone groups is 1. The molecule has 0 amide bonds. The number of aromatic nitrogens is 2. The number of nitrogens with two attached hydrogens (primary N) is 1. The van der Waals surface area contributed by atoms with E-state index in [-0.39, 0.29) is 0 Å². The summed E-state index contributed by atoms with van der Waals surface area (Å²) in [5.41, 5.74) is 6.70. The zero-order valence-corrected chi connectivity index (χ0v) is 11.9. The molecule has 2 atom stereocenters. The van der Waals surface area contributed by atoms with Crippen LogP contribution in [0.1, 0.15) is 25.6 Å². The van der Waals surface area contributed by atoms with Gasteiger partial charge in [-0.05, 0) is 29.8 Å². The van der Waals surface area contributed by atoms with Crippen LogP contribution in [0.2, 0.25) is 0 Å². The van der Waals surface area contributed by atoms with Gasteiger partial charge in [-0.25, -0.2) is 8.42 Å². The van der Waals surface area contributed by atoms with Gasteiger partial charge in [-0.3, -0.25) is 4.68 Å². The van der Waals surface area contributed by atoms with E-state index in [1.165, 1.54) is 6.26 Å². The van der Waals surface area contributed by atoms with Crippen molar-refractivity contribution in [3.05, 3.63) is 16.4 Å². The normalized spacial score (nSPS) is 16.1. The number of halogens is 1. The number of aryl methyl sites for hydroxylation is 1. The van der Waals surface area contributed by atoms with Gasteiger partial charge in [0.25, 0.3) is 0 Å². The molecule has 1 rings (SSSR count). The maximum absolute atomic E-state index is 11.5. The van der Waals surface area contributed by atoms with Gasteiger partial charge in [-0.15, -0.1) is 0 Å². The van der Waals surface area contributed by atoms with Gasteiger partial charge in [0.15, 0.2) is 9.84 Å². The van der Waals surface area contributed by atoms with E-state index in [1.807, 2.05) is 6.92 Å². The molecule has 0 bridgehead atoms. The van der Waals surface area contributed by atoms with Gasteiger partial charge < -0.3 is 5.73 Å². The molecular weight excluding hydrogens is 294 g/mol. The quantitative estimate of drug-likeness (QED) is 0.903. The Morgan fingerprint density at radius 2 is 2.19 bits per heavy atom. The van der Waals surface area contributed by atoms with E-state index in [0.717, 1.165) is 10.2 Å². The van der Waals surface area contributed by atoms with E-state index >= 15 is 0 Å². The van der Waals surface area contributed by atoms with Crippen LogP contribution in [-0.4, -0.2) is 29.7 Å². The van der Waals surface area contributed by atoms with Crippen LogP contribution in [0.5, 0.6) is 0 Å². The SMILES string of the molecule is CCn1ncc(Br)c1C(N)C(C)S(C)(=O)=O. The lowest BCUT2D eigenvalue weighted by Gasteiger charge is -2.19. The van der Waals surface area contributed by atoms with E-state index in [4.69, 9.17) is 5.73 Å². The Labute approximate surface area is 104 Å². The Bertz CT molecular complexity index is 469. The summed E-state index contributed by atoms with van der Waals surface area (Å²) in [4.78, 5) is 0. The van der Waals surface area contributed by atoms with Crippen LogP contribution in [0, 0.1) is 0 Å². The third-order valence-electron chi connectivity index (χ3n) is 2.63. The number of nitrogens with zero attached hydrogens (tertiary/aromatic N) is 2. The summed E-state index contributed by atoms with van der Waals surface area (Å²) < 4.78 is 25.4. The van der Waals surface area contributed by atoms with Gasteiger partial charge in [0.2, 0.25) is 0 Å². The van der Waals surface area contributed by atoms with E-state index < -0.39 is 21.1 Å². The van der Waals surface area contributed by atoms with Crippen LogP contribution in [0.15, 0.2) is 10.7 Å². The average molecular weight is 310 g/mol. The second kappa shape index (κ2) is 4.85. The zero-order chi connectivity index (χ0) is 12.5. The van der Waals surface area contributed by atoms with Crippen LogP contribution in [-0.2, 0) is 16.4 Å². The molecule has 5 nitrogen and oxygen atoms in total. The lowest BCUT2D eigenvalue weighted by molar-refractivity contribution is 0.536. The van der Waals surface area contributed by atoms with E-state index in [0.29, 0.717) is 6.54 Å². The second-order valence-electron chi connectivity index (χ2n) is 3.75. The minimum atomic E-state index is -3.16. The molecule has 0 radical (unpaired) electrons. The molecule has 92 valence electrons. The fraction of sp³-hybridized carbons (Fsp3) is 0.667. The van der Waals surface area contributed by atoms with Gasteiger partial charge in [0.1, 0.15) is 0 Å². The first-order chi connectivity index (χ1) is 7.29. The van der Waals surface area contributed by atoms with Crippen LogP contribution >= 0.6 is 15.9 Å². The molecule has 0 fully saturated rings. The Kier molecular flexibility index (Phi) is 4.14. The van der Waals surface area contributed by atoms with Crippen molar-refractivity contribution < 1.29 is 8.42 Å². The summed E-state index contributed by atoms with van der Waals surface area (Å²) in [5.74, 6) is 0. The van der Waals surface area contributed by atoms with Crippen molar-refractivity contribution in [3.63, 3.8) is 0 Å². The summed E-state index contributed by atoms with van der Waals surface area (Å²) in [6.07, 6.45) is 2.83. The molecule has 1 heterocycles. The van der Waals surface area contributed by atoms with E-state index in [9.17, 15) is 8.42 Å². The summed E-state index contributed by atoms with van der Waals surface area (Å²) >= 11 is 3.34. The van der Waals surface area contributed by atoms with Crippen LogP contribution in [0.4, 0.5) is 0 Å². The van der Waals surface area contributed by atoms with Crippen molar-refractivity contribution >= 4 is 25.8 Å². The smallest absolute Gasteiger partial charge is 0.151 e. The van der Waals surface area contributed by atoms with Crippen LogP contribution < -0.4 is 5.73 Å². The monoisotopic (exact) mass is 309 g/mol. The third kappa shape index (κ3) is 2.64. The summed E-state index contributed by atoms with van der Waals surface area (Å²) in [5, 5.41) is 3.48. The topological polar surface area (TPSA) is 78.0 Å². The molecular formula is C9H16BrN3O2S. The van der Waals surface area contributed by atoms with E-state index in [1.54, 1.807) is 17.8 Å². The van der Waals surface area contributed by atoms with Crippen LogP contribution in [0.25, 0.3) is 0 Å². The molecule has 1 aromatic heterocycles. The lowest BCUT2D eigenvalue weighted by atomic mass is 10.1. The van der Waals surface area contributed by atoms with Crippen molar-refractivity contribution in [1.29, 1.82) is 0 Å². The molecule has 0 aliphatic rings. The van der Waals surface area contributed by atoms with Gasteiger partial charge in [-0.2, -0.15) is 5.10 Å². The highest BCUT2D eigenvalue weighted by Crippen LogP contribution is 2.26. The summed E-state index contributed by atoms with van der Waals surface area (Å²) in [7, 11) is -3.16. The Balaban J connectivity index is 3.14. The zero-order valence-electron chi connectivity index (χ0n) is 9.51. The summed E-state index contributed by atoms with van der Waals surface area (Å²) in [6.45, 7) is 4.20. The molecule has 1 aromatic rings. The molecule has 2 N–H and O–H groups in total. The molecule has 16 heavy (non-hydrogen) atoms. The highest BCUT2D eigenvalue weighted by Gasteiger charge is 2.28. The molecule has 0 aromatic carbocycles.